The number of alkyl halides is 7. The first-order chi connectivity index (χ1) is 12.0. The number of halogens is 7. The second-order valence-corrected chi connectivity index (χ2v) is 13.6. The van der Waals surface area contributed by atoms with Crippen LogP contribution >= 0.6 is 0 Å². The lowest BCUT2D eigenvalue weighted by Gasteiger charge is -2.45. The first kappa shape index (κ1) is 24.3. The molecule has 0 spiro atoms. The minimum Gasteiger partial charge on any atom is -0.546 e. The van der Waals surface area contributed by atoms with Gasteiger partial charge in [0.25, 0.3) is 8.32 Å². The summed E-state index contributed by atoms with van der Waals surface area (Å²) in [7, 11) is -2.81. The molecule has 0 aromatic heterocycles. The normalized spacial score (nSPS) is 18.1. The average Bonchev–Trinajstić information content (AvgIpc) is 2.48. The van der Waals surface area contributed by atoms with Gasteiger partial charge in [-0.05, 0) is 35.9 Å². The third-order valence-corrected chi connectivity index (χ3v) is 11.6. The molecule has 9 heteroatoms. The predicted octanol–water partition coefficient (Wildman–Crippen LogP) is 7.84. The van der Waals surface area contributed by atoms with Crippen LogP contribution in [0, 0.1) is 0 Å². The van der Waals surface area contributed by atoms with Gasteiger partial charge in [-0.25, -0.2) is 4.39 Å². The highest BCUT2D eigenvalue weighted by molar-refractivity contribution is 6.77. The van der Waals surface area contributed by atoms with Crippen LogP contribution in [0.25, 0.3) is 0 Å². The minimum atomic E-state index is -6.09. The Balaban J connectivity index is 3.67. The van der Waals surface area contributed by atoms with E-state index in [2.05, 4.69) is 0 Å². The zero-order valence-corrected chi connectivity index (χ0v) is 17.6. The first-order valence-corrected chi connectivity index (χ1v) is 11.4. The summed E-state index contributed by atoms with van der Waals surface area (Å²) in [6.07, 6.45) is -12.4. The fourth-order valence-electron chi connectivity index (χ4n) is 4.42. The molecule has 27 heavy (non-hydrogen) atoms. The average molecular weight is 423 g/mol. The topological polar surface area (TPSA) is 9.23 Å². The zero-order valence-electron chi connectivity index (χ0n) is 16.6. The molecule has 0 fully saturated rings. The molecule has 1 rings (SSSR count). The summed E-state index contributed by atoms with van der Waals surface area (Å²) in [6, 6.07) is 0. The molecule has 0 aromatic rings. The Morgan fingerprint density at radius 3 is 1.41 bits per heavy atom. The molecule has 1 nitrogen and oxygen atoms in total. The number of rotatable bonds is 6. The van der Waals surface area contributed by atoms with Gasteiger partial charge in [0.05, 0.1) is 5.76 Å². The highest BCUT2D eigenvalue weighted by Crippen LogP contribution is 2.55. The van der Waals surface area contributed by atoms with Gasteiger partial charge in [0.1, 0.15) is 0 Å². The third kappa shape index (κ3) is 4.17. The Morgan fingerprint density at radius 1 is 0.704 bits per heavy atom. The van der Waals surface area contributed by atoms with E-state index in [0.717, 1.165) is 0 Å². The lowest BCUT2D eigenvalue weighted by Crippen LogP contribution is -2.56. The summed E-state index contributed by atoms with van der Waals surface area (Å²) in [6.45, 7) is 11.2. The molecule has 0 amide bonds. The van der Waals surface area contributed by atoms with E-state index in [-0.39, 0.29) is 29.5 Å². The first-order valence-electron chi connectivity index (χ1n) is 9.27. The quantitative estimate of drug-likeness (QED) is 0.313. The van der Waals surface area contributed by atoms with E-state index in [9.17, 15) is 30.7 Å². The maximum atomic E-state index is 14.7. The van der Waals surface area contributed by atoms with Gasteiger partial charge in [0.15, 0.2) is 0 Å². The van der Waals surface area contributed by atoms with Crippen LogP contribution in [0.4, 0.5) is 30.7 Å². The van der Waals surface area contributed by atoms with E-state index < -0.39 is 44.1 Å². The molecule has 0 N–H and O–H groups in total. The lowest BCUT2D eigenvalue weighted by molar-refractivity contribution is -0.327. The Hall–Kier alpha value is -0.733. The van der Waals surface area contributed by atoms with Gasteiger partial charge >= 0.3 is 18.0 Å². The number of hydrogen-bond donors (Lipinski definition) is 0. The van der Waals surface area contributed by atoms with Gasteiger partial charge in [-0.2, -0.15) is 26.3 Å². The molecule has 0 atom stereocenters. The summed E-state index contributed by atoms with van der Waals surface area (Å²) in [5.41, 5.74) is -6.83. The molecule has 0 bridgehead atoms. The van der Waals surface area contributed by atoms with Crippen molar-refractivity contribution in [2.45, 2.75) is 102 Å². The van der Waals surface area contributed by atoms with Gasteiger partial charge in [0.2, 0.25) is 0 Å². The molecule has 0 unspecified atom stereocenters. The largest absolute Gasteiger partial charge is 0.546 e. The van der Waals surface area contributed by atoms with E-state index >= 15 is 0 Å². The molecule has 1 aliphatic rings. The summed E-state index contributed by atoms with van der Waals surface area (Å²) in [5.74, 6) is -0.429. The molecular weight excluding hydrogens is 393 g/mol. The Labute approximate surface area is 157 Å². The Bertz CT molecular complexity index is 511. The van der Waals surface area contributed by atoms with E-state index in [1.54, 1.807) is 0 Å². The van der Waals surface area contributed by atoms with E-state index in [0.29, 0.717) is 6.42 Å². The SMILES string of the molecule is CC(C)[Si](OC1=C(C(F)(C(F)(F)F)C(F)(F)F)CCCC1)(C(C)C)C(C)C. The maximum Gasteiger partial charge on any atom is 0.435 e. The highest BCUT2D eigenvalue weighted by Gasteiger charge is 2.75. The summed E-state index contributed by atoms with van der Waals surface area (Å²) >= 11 is 0. The fraction of sp³-hybridized carbons (Fsp3) is 0.889. The Kier molecular flexibility index (Phi) is 7.15. The number of allylic oxidation sites excluding steroid dienone is 2. The van der Waals surface area contributed by atoms with Crippen molar-refractivity contribution >= 4 is 8.32 Å². The van der Waals surface area contributed by atoms with Gasteiger partial charge < -0.3 is 4.43 Å². The van der Waals surface area contributed by atoms with Crippen molar-refractivity contribution in [1.29, 1.82) is 0 Å². The molecule has 1 aliphatic carbocycles. The van der Waals surface area contributed by atoms with Crippen molar-refractivity contribution in [3.8, 4) is 0 Å². The van der Waals surface area contributed by atoms with Gasteiger partial charge in [-0.1, -0.05) is 41.5 Å². The predicted molar refractivity (Wildman–Crippen MR) is 93.6 cm³/mol. The van der Waals surface area contributed by atoms with Crippen LogP contribution in [0.2, 0.25) is 16.6 Å². The van der Waals surface area contributed by atoms with Crippen LogP contribution in [0.15, 0.2) is 11.3 Å². The van der Waals surface area contributed by atoms with E-state index in [1.165, 1.54) is 0 Å². The van der Waals surface area contributed by atoms with Crippen LogP contribution in [-0.4, -0.2) is 26.3 Å². The van der Waals surface area contributed by atoms with Gasteiger partial charge in [0, 0.05) is 12.0 Å². The Morgan fingerprint density at radius 2 is 1.07 bits per heavy atom. The molecule has 0 aromatic carbocycles. The van der Waals surface area contributed by atoms with Crippen LogP contribution < -0.4 is 0 Å². The molecule has 0 heterocycles. The monoisotopic (exact) mass is 422 g/mol. The van der Waals surface area contributed by atoms with Crippen LogP contribution in [0.1, 0.15) is 67.2 Å². The van der Waals surface area contributed by atoms with Crippen molar-refractivity contribution in [2.75, 3.05) is 0 Å². The summed E-state index contributed by atoms with van der Waals surface area (Å²) < 4.78 is 101. The molecule has 0 aliphatic heterocycles. The number of hydrogen-bond acceptors (Lipinski definition) is 1. The maximum absolute atomic E-state index is 14.7. The van der Waals surface area contributed by atoms with Crippen LogP contribution in [0.3, 0.4) is 0 Å². The lowest BCUT2D eigenvalue weighted by atomic mass is 9.84. The van der Waals surface area contributed by atoms with Crippen molar-refractivity contribution in [3.63, 3.8) is 0 Å². The minimum absolute atomic E-state index is 0.0565. The van der Waals surface area contributed by atoms with Gasteiger partial charge in [-0.15, -0.1) is 0 Å². The van der Waals surface area contributed by atoms with Crippen molar-refractivity contribution in [1.82, 2.24) is 0 Å². The van der Waals surface area contributed by atoms with Gasteiger partial charge in [-0.3, -0.25) is 0 Å². The highest BCUT2D eigenvalue weighted by atomic mass is 28.4. The third-order valence-electron chi connectivity index (χ3n) is 5.62. The molecule has 160 valence electrons. The van der Waals surface area contributed by atoms with E-state index in [1.807, 2.05) is 41.5 Å². The smallest absolute Gasteiger partial charge is 0.435 e. The zero-order chi connectivity index (χ0) is 21.4. The van der Waals surface area contributed by atoms with Crippen molar-refractivity contribution in [3.05, 3.63) is 11.3 Å². The van der Waals surface area contributed by atoms with Crippen LogP contribution in [0.5, 0.6) is 0 Å². The summed E-state index contributed by atoms with van der Waals surface area (Å²) in [5, 5.41) is 0. The summed E-state index contributed by atoms with van der Waals surface area (Å²) in [4.78, 5) is 0. The second kappa shape index (κ2) is 7.95. The van der Waals surface area contributed by atoms with E-state index in [4.69, 9.17) is 4.43 Å². The molecular formula is C18H29F7OSi. The molecule has 0 saturated carbocycles. The second-order valence-electron chi connectivity index (χ2n) is 8.18. The fourth-order valence-corrected chi connectivity index (χ4v) is 9.78. The molecule has 0 radical (unpaired) electrons. The standard InChI is InChI=1S/C18H29F7OSi/c1-11(2)27(12(3)4,13(5)6)26-15-10-8-7-9-14(15)16(19,17(20,21)22)18(23,24)25/h11-13H,7-10H2,1-6H3. The van der Waals surface area contributed by atoms with Crippen molar-refractivity contribution in [2.24, 2.45) is 0 Å². The van der Waals surface area contributed by atoms with Crippen molar-refractivity contribution < 1.29 is 35.2 Å². The van der Waals surface area contributed by atoms with Crippen LogP contribution in [-0.2, 0) is 4.43 Å². The molecule has 0 saturated heterocycles.